The Labute approximate surface area is 291 Å². The topological polar surface area (TPSA) is 56.5 Å². The number of para-hydroxylation sites is 1. The first kappa shape index (κ1) is 28.5. The number of hydrogen-bond acceptors (Lipinski definition) is 5. The maximum atomic E-state index is 5.32. The average Bonchev–Trinajstić information content (AvgIpc) is 3.74. The Bertz CT molecular complexity index is 2800. The van der Waals surface area contributed by atoms with E-state index in [1.165, 1.54) is 30.9 Å². The highest BCUT2D eigenvalue weighted by molar-refractivity contribution is 7.26. The van der Waals surface area contributed by atoms with E-state index in [9.17, 15) is 0 Å². The lowest BCUT2D eigenvalue weighted by atomic mass is 10.0. The van der Waals surface area contributed by atoms with Crippen LogP contribution < -0.4 is 0 Å². The van der Waals surface area contributed by atoms with Crippen LogP contribution in [0.1, 0.15) is 0 Å². The Morgan fingerprint density at radius 1 is 0.440 bits per heavy atom. The molecule has 4 heterocycles. The molecule has 10 aromatic rings. The van der Waals surface area contributed by atoms with Gasteiger partial charge in [0, 0.05) is 53.8 Å². The molecule has 0 fully saturated rings. The quantitative estimate of drug-likeness (QED) is 0.185. The molecule has 6 heteroatoms. The van der Waals surface area contributed by atoms with Gasteiger partial charge in [-0.25, -0.2) is 19.9 Å². The summed E-state index contributed by atoms with van der Waals surface area (Å²) >= 11 is 1.82. The predicted octanol–water partition coefficient (Wildman–Crippen LogP) is 11.4. The monoisotopic (exact) mass is 657 g/mol. The molecule has 0 unspecified atom stereocenters. The van der Waals surface area contributed by atoms with Crippen LogP contribution in [-0.4, -0.2) is 24.5 Å². The highest BCUT2D eigenvalue weighted by Crippen LogP contribution is 2.44. The molecule has 234 valence electrons. The summed E-state index contributed by atoms with van der Waals surface area (Å²) < 4.78 is 4.82. The van der Waals surface area contributed by atoms with Gasteiger partial charge in [0.05, 0.1) is 16.6 Å². The molecule has 0 saturated carbocycles. The van der Waals surface area contributed by atoms with Gasteiger partial charge in [0.1, 0.15) is 5.82 Å². The zero-order valence-electron chi connectivity index (χ0n) is 26.7. The lowest BCUT2D eigenvalue weighted by molar-refractivity contribution is 1.04. The molecule has 0 aliphatic heterocycles. The second kappa shape index (κ2) is 11.6. The summed E-state index contributed by atoms with van der Waals surface area (Å²) in [5.41, 5.74) is 6.93. The minimum Gasteiger partial charge on any atom is -0.292 e. The van der Waals surface area contributed by atoms with Gasteiger partial charge >= 0.3 is 0 Å². The molecular weight excluding hydrogens is 631 g/mol. The third kappa shape index (κ3) is 4.61. The summed E-state index contributed by atoms with van der Waals surface area (Å²) in [6, 6.07) is 54.6. The Balaban J connectivity index is 1.34. The van der Waals surface area contributed by atoms with E-state index < -0.39 is 0 Å². The molecule has 0 aliphatic rings. The van der Waals surface area contributed by atoms with Crippen molar-refractivity contribution < 1.29 is 0 Å². The molecule has 10 rings (SSSR count). The highest BCUT2D eigenvalue weighted by Gasteiger charge is 2.23. The summed E-state index contributed by atoms with van der Waals surface area (Å²) in [5.74, 6) is 2.55. The lowest BCUT2D eigenvalue weighted by Crippen LogP contribution is -2.06. The Kier molecular flexibility index (Phi) is 6.60. The SMILES string of the molecule is c1ccc(-c2cnc(-n3c4ccccc4c4ccc5sc6ccccc6c5c43)c(-c3nc(-c4ccccc4)nc(-c4ccccc4)n3)c2)cc1. The number of benzene rings is 6. The van der Waals surface area contributed by atoms with Gasteiger partial charge < -0.3 is 0 Å². The van der Waals surface area contributed by atoms with E-state index >= 15 is 0 Å². The lowest BCUT2D eigenvalue weighted by Gasteiger charge is -2.15. The molecule has 50 heavy (non-hydrogen) atoms. The number of nitrogens with zero attached hydrogens (tertiary/aromatic N) is 5. The van der Waals surface area contributed by atoms with Crippen molar-refractivity contribution in [3.63, 3.8) is 0 Å². The fourth-order valence-corrected chi connectivity index (χ4v) is 8.11. The van der Waals surface area contributed by atoms with Gasteiger partial charge in [0.25, 0.3) is 0 Å². The molecule has 4 aromatic heterocycles. The van der Waals surface area contributed by atoms with E-state index in [4.69, 9.17) is 19.9 Å². The number of pyridine rings is 1. The van der Waals surface area contributed by atoms with Crippen molar-refractivity contribution >= 4 is 53.3 Å². The molecule has 0 N–H and O–H groups in total. The van der Waals surface area contributed by atoms with E-state index in [-0.39, 0.29) is 0 Å². The van der Waals surface area contributed by atoms with Crippen molar-refractivity contribution in [1.82, 2.24) is 24.5 Å². The fourth-order valence-electron chi connectivity index (χ4n) is 7.00. The second-order valence-corrected chi connectivity index (χ2v) is 13.4. The van der Waals surface area contributed by atoms with Gasteiger partial charge in [-0.2, -0.15) is 0 Å². The average molecular weight is 658 g/mol. The molecule has 5 nitrogen and oxygen atoms in total. The first-order valence-electron chi connectivity index (χ1n) is 16.6. The molecule has 6 aromatic carbocycles. The number of thiophene rings is 1. The molecule has 0 radical (unpaired) electrons. The number of fused-ring (bicyclic) bond motifs is 7. The summed E-state index contributed by atoms with van der Waals surface area (Å²) in [6.45, 7) is 0. The summed E-state index contributed by atoms with van der Waals surface area (Å²) in [6.07, 6.45) is 1.97. The number of hydrogen-bond donors (Lipinski definition) is 0. The first-order chi connectivity index (χ1) is 24.8. The maximum Gasteiger partial charge on any atom is 0.167 e. The molecule has 0 amide bonds. The maximum absolute atomic E-state index is 5.32. The van der Waals surface area contributed by atoms with Crippen molar-refractivity contribution in [3.05, 3.63) is 164 Å². The van der Waals surface area contributed by atoms with Crippen molar-refractivity contribution in [2.24, 2.45) is 0 Å². The Hall–Kier alpha value is -6.50. The molecule has 0 saturated heterocycles. The Morgan fingerprint density at radius 3 is 1.72 bits per heavy atom. The van der Waals surface area contributed by atoms with Crippen LogP contribution in [-0.2, 0) is 0 Å². The predicted molar refractivity (Wildman–Crippen MR) is 207 cm³/mol. The fraction of sp³-hybridized carbons (Fsp3) is 0. The van der Waals surface area contributed by atoms with E-state index in [1.807, 2.05) is 84.3 Å². The van der Waals surface area contributed by atoms with Crippen LogP contribution in [0.5, 0.6) is 0 Å². The van der Waals surface area contributed by atoms with Crippen molar-refractivity contribution in [2.75, 3.05) is 0 Å². The van der Waals surface area contributed by atoms with Gasteiger partial charge in [-0.3, -0.25) is 4.57 Å². The molecule has 0 spiro atoms. The van der Waals surface area contributed by atoms with Gasteiger partial charge in [-0.15, -0.1) is 11.3 Å². The van der Waals surface area contributed by atoms with Crippen LogP contribution in [0.15, 0.2) is 164 Å². The van der Waals surface area contributed by atoms with Gasteiger partial charge in [0.15, 0.2) is 17.5 Å². The summed E-state index contributed by atoms with van der Waals surface area (Å²) in [4.78, 5) is 20.7. The number of aromatic nitrogens is 5. The third-order valence-corrected chi connectivity index (χ3v) is 10.4. The van der Waals surface area contributed by atoms with Gasteiger partial charge in [-0.05, 0) is 29.8 Å². The normalized spacial score (nSPS) is 11.6. The minimum absolute atomic E-state index is 0.561. The molecule has 0 atom stereocenters. The zero-order chi connectivity index (χ0) is 33.0. The van der Waals surface area contributed by atoms with E-state index in [0.29, 0.717) is 17.5 Å². The largest absolute Gasteiger partial charge is 0.292 e. The van der Waals surface area contributed by atoms with Crippen LogP contribution in [0, 0.1) is 0 Å². The first-order valence-corrected chi connectivity index (χ1v) is 17.4. The summed E-state index contributed by atoms with van der Waals surface area (Å²) in [7, 11) is 0. The standard InChI is InChI=1S/C44H27N5S/c1-4-14-28(15-5-1)31-26-35(43-47-41(29-16-6-2-7-17-29)46-42(48-43)30-18-8-3-9-19-30)44(45-27-31)49-36-22-12-10-20-32(36)33-24-25-38-39(40(33)49)34-21-11-13-23-37(34)50-38/h1-27H. The smallest absolute Gasteiger partial charge is 0.167 e. The molecule has 0 bridgehead atoms. The zero-order valence-corrected chi connectivity index (χ0v) is 27.5. The van der Waals surface area contributed by atoms with Crippen LogP contribution in [0.4, 0.5) is 0 Å². The van der Waals surface area contributed by atoms with Crippen LogP contribution in [0.2, 0.25) is 0 Å². The highest BCUT2D eigenvalue weighted by atomic mass is 32.1. The summed E-state index contributed by atoms with van der Waals surface area (Å²) in [5, 5.41) is 4.82. The van der Waals surface area contributed by atoms with Crippen molar-refractivity contribution in [2.45, 2.75) is 0 Å². The van der Waals surface area contributed by atoms with E-state index in [1.54, 1.807) is 0 Å². The van der Waals surface area contributed by atoms with E-state index in [0.717, 1.165) is 44.7 Å². The van der Waals surface area contributed by atoms with Crippen LogP contribution in [0.25, 0.3) is 93.1 Å². The Morgan fingerprint density at radius 2 is 1.02 bits per heavy atom. The van der Waals surface area contributed by atoms with Gasteiger partial charge in [-0.1, -0.05) is 133 Å². The van der Waals surface area contributed by atoms with Crippen molar-refractivity contribution in [1.29, 1.82) is 0 Å². The third-order valence-electron chi connectivity index (χ3n) is 9.30. The minimum atomic E-state index is 0.561. The van der Waals surface area contributed by atoms with Crippen molar-refractivity contribution in [3.8, 4) is 51.1 Å². The molecular formula is C44H27N5S. The van der Waals surface area contributed by atoms with Gasteiger partial charge in [0.2, 0.25) is 0 Å². The molecule has 0 aliphatic carbocycles. The number of rotatable bonds is 5. The van der Waals surface area contributed by atoms with E-state index in [2.05, 4.69) is 95.6 Å². The second-order valence-electron chi connectivity index (χ2n) is 12.3. The van der Waals surface area contributed by atoms with Crippen LogP contribution >= 0.6 is 11.3 Å². The van der Waals surface area contributed by atoms with Crippen LogP contribution in [0.3, 0.4) is 0 Å².